The molecule has 0 aliphatic carbocycles. The zero-order valence-corrected chi connectivity index (χ0v) is 15.1. The van der Waals surface area contributed by atoms with Crippen molar-refractivity contribution in [2.45, 2.75) is 11.8 Å². The fourth-order valence-corrected chi connectivity index (χ4v) is 5.04. The lowest BCUT2D eigenvalue weighted by Crippen LogP contribution is -2.11. The largest absolute Gasteiger partial charge is 0.379 e. The minimum Gasteiger partial charge on any atom is -0.379 e. The molecule has 0 aliphatic rings. The Morgan fingerprint density at radius 1 is 1.09 bits per heavy atom. The molecule has 0 unspecified atom stereocenters. The summed E-state index contributed by atoms with van der Waals surface area (Å²) in [5.74, 6) is -0.685. The maximum absolute atomic E-state index is 13.2. The first-order chi connectivity index (χ1) is 10.2. The molecule has 0 aliphatic heterocycles. The highest BCUT2D eigenvalue weighted by molar-refractivity contribution is 9.11. The van der Waals surface area contributed by atoms with Crippen molar-refractivity contribution in [2.75, 3.05) is 0 Å². The molecular weight excluding hydrogens is 443 g/mol. The molecule has 0 saturated carbocycles. The van der Waals surface area contributed by atoms with Crippen molar-refractivity contribution in [3.63, 3.8) is 0 Å². The lowest BCUT2D eigenvalue weighted by molar-refractivity contribution is 0.101. The molecule has 2 aromatic carbocycles. The van der Waals surface area contributed by atoms with Crippen molar-refractivity contribution in [1.29, 1.82) is 0 Å². The zero-order valence-electron chi connectivity index (χ0n) is 11.1. The van der Waals surface area contributed by atoms with Crippen LogP contribution in [0.5, 0.6) is 5.75 Å². The van der Waals surface area contributed by atoms with Gasteiger partial charge in [0.15, 0.2) is 5.78 Å². The average molecular weight is 452 g/mol. The van der Waals surface area contributed by atoms with Crippen LogP contribution in [0.3, 0.4) is 0 Å². The lowest BCUT2D eigenvalue weighted by atomic mass is 10.1. The van der Waals surface area contributed by atoms with E-state index in [1.165, 1.54) is 31.2 Å². The van der Waals surface area contributed by atoms with Gasteiger partial charge in [0, 0.05) is 14.5 Å². The molecule has 2 aromatic rings. The van der Waals surface area contributed by atoms with Gasteiger partial charge in [-0.3, -0.25) is 4.79 Å². The van der Waals surface area contributed by atoms with Crippen LogP contribution in [0.25, 0.3) is 0 Å². The monoisotopic (exact) mass is 450 g/mol. The van der Waals surface area contributed by atoms with Crippen LogP contribution in [0.1, 0.15) is 17.3 Å². The first-order valence-electron chi connectivity index (χ1n) is 5.91. The minimum atomic E-state index is -4.17. The molecule has 0 N–H and O–H groups in total. The zero-order chi connectivity index (χ0) is 16.5. The predicted octanol–water partition coefficient (Wildman–Crippen LogP) is 4.32. The summed E-state index contributed by atoms with van der Waals surface area (Å²) in [5, 5.41) is 0. The molecule has 2 rings (SSSR count). The third-order valence-electron chi connectivity index (χ3n) is 2.68. The molecule has 0 aromatic heterocycles. The molecule has 4 nitrogen and oxygen atoms in total. The van der Waals surface area contributed by atoms with Crippen LogP contribution in [-0.4, -0.2) is 14.2 Å². The van der Waals surface area contributed by atoms with Crippen LogP contribution in [-0.2, 0) is 10.1 Å². The Hall–Kier alpha value is -1.25. The smallest absolute Gasteiger partial charge is 0.341 e. The van der Waals surface area contributed by atoms with Gasteiger partial charge in [0.05, 0.1) is 0 Å². The summed E-state index contributed by atoms with van der Waals surface area (Å²) in [6.45, 7) is 1.40. The first-order valence-corrected chi connectivity index (χ1v) is 8.90. The van der Waals surface area contributed by atoms with Gasteiger partial charge in [0.2, 0.25) is 0 Å². The van der Waals surface area contributed by atoms with Crippen LogP contribution in [0.2, 0.25) is 0 Å². The molecular formula is C14H9Br2FO4S. The molecule has 0 fully saturated rings. The normalized spacial score (nSPS) is 11.3. The Kier molecular flexibility index (Phi) is 5.03. The van der Waals surface area contributed by atoms with Gasteiger partial charge in [0.25, 0.3) is 0 Å². The Labute approximate surface area is 143 Å². The van der Waals surface area contributed by atoms with Crippen LogP contribution in [0.4, 0.5) is 4.39 Å². The quantitative estimate of drug-likeness (QED) is 0.513. The van der Waals surface area contributed by atoms with E-state index in [0.29, 0.717) is 5.56 Å². The van der Waals surface area contributed by atoms with E-state index >= 15 is 0 Å². The number of halogens is 3. The van der Waals surface area contributed by atoms with Crippen molar-refractivity contribution >= 4 is 47.8 Å². The average Bonchev–Trinajstić information content (AvgIpc) is 2.36. The summed E-state index contributed by atoms with van der Waals surface area (Å²) in [4.78, 5) is 11.0. The summed E-state index contributed by atoms with van der Waals surface area (Å²) in [5.41, 5.74) is 0.439. The van der Waals surface area contributed by atoms with E-state index in [1.54, 1.807) is 0 Å². The molecule has 8 heteroatoms. The molecule has 22 heavy (non-hydrogen) atoms. The molecule has 0 saturated heterocycles. The molecule has 0 spiro atoms. The Morgan fingerprint density at radius 2 is 1.59 bits per heavy atom. The lowest BCUT2D eigenvalue weighted by Gasteiger charge is -2.10. The van der Waals surface area contributed by atoms with E-state index < -0.39 is 15.9 Å². The van der Waals surface area contributed by atoms with E-state index in [4.69, 9.17) is 4.18 Å². The van der Waals surface area contributed by atoms with Crippen LogP contribution >= 0.6 is 31.9 Å². The Balaban J connectivity index is 2.38. The van der Waals surface area contributed by atoms with Gasteiger partial charge in [-0.2, -0.15) is 8.42 Å². The van der Waals surface area contributed by atoms with Crippen molar-refractivity contribution in [2.24, 2.45) is 0 Å². The summed E-state index contributed by atoms with van der Waals surface area (Å²) in [6, 6.07) is 7.73. The molecule has 0 atom stereocenters. The van der Waals surface area contributed by atoms with Crippen molar-refractivity contribution in [1.82, 2.24) is 0 Å². The van der Waals surface area contributed by atoms with Crippen LogP contribution in [0.15, 0.2) is 50.2 Å². The van der Waals surface area contributed by atoms with Gasteiger partial charge in [0.1, 0.15) is 16.5 Å². The first kappa shape index (κ1) is 17.1. The minimum absolute atomic E-state index is 0.0414. The van der Waals surface area contributed by atoms with Crippen molar-refractivity contribution in [3.8, 4) is 5.75 Å². The third kappa shape index (κ3) is 3.74. The number of hydrogen-bond acceptors (Lipinski definition) is 4. The second-order valence-corrected chi connectivity index (χ2v) is 7.51. The number of carbonyl (C=O) groups excluding carboxylic acids is 1. The second kappa shape index (κ2) is 6.47. The van der Waals surface area contributed by atoms with Crippen molar-refractivity contribution in [3.05, 3.63) is 56.7 Å². The summed E-state index contributed by atoms with van der Waals surface area (Å²) < 4.78 is 42.9. The van der Waals surface area contributed by atoms with E-state index in [2.05, 4.69) is 31.9 Å². The number of rotatable bonds is 4. The summed E-state index contributed by atoms with van der Waals surface area (Å²) in [7, 11) is -4.17. The van der Waals surface area contributed by atoms with E-state index in [-0.39, 0.29) is 25.4 Å². The fraction of sp³-hybridized carbons (Fsp3) is 0.0714. The van der Waals surface area contributed by atoms with Crippen molar-refractivity contribution < 1.29 is 21.8 Å². The SMILES string of the molecule is CC(=O)c1ccc(OS(=O)(=O)c2c(Br)cc(F)cc2Br)cc1. The standard InChI is InChI=1S/C14H9Br2FO4S/c1-8(18)9-2-4-11(5-3-9)21-22(19,20)14-12(15)6-10(17)7-13(14)16/h2-7H,1H3. The topological polar surface area (TPSA) is 60.4 Å². The Morgan fingerprint density at radius 3 is 2.05 bits per heavy atom. The number of carbonyl (C=O) groups is 1. The molecule has 0 heterocycles. The van der Waals surface area contributed by atoms with Gasteiger partial charge in [-0.15, -0.1) is 0 Å². The highest BCUT2D eigenvalue weighted by atomic mass is 79.9. The van der Waals surface area contributed by atoms with E-state index in [9.17, 15) is 17.6 Å². The van der Waals surface area contributed by atoms with E-state index in [0.717, 1.165) is 12.1 Å². The van der Waals surface area contributed by atoms with Gasteiger partial charge >= 0.3 is 10.1 Å². The van der Waals surface area contributed by atoms with Gasteiger partial charge in [-0.25, -0.2) is 4.39 Å². The van der Waals surface area contributed by atoms with Gasteiger partial charge in [-0.1, -0.05) is 0 Å². The highest BCUT2D eigenvalue weighted by Crippen LogP contribution is 2.33. The molecule has 0 radical (unpaired) electrons. The van der Waals surface area contributed by atoms with Crippen LogP contribution in [0, 0.1) is 5.82 Å². The second-order valence-electron chi connectivity index (χ2n) is 4.32. The maximum Gasteiger partial charge on any atom is 0.341 e. The molecule has 0 amide bonds. The van der Waals surface area contributed by atoms with E-state index in [1.807, 2.05) is 0 Å². The highest BCUT2D eigenvalue weighted by Gasteiger charge is 2.24. The van der Waals surface area contributed by atoms with Crippen LogP contribution < -0.4 is 4.18 Å². The van der Waals surface area contributed by atoms with Gasteiger partial charge < -0.3 is 4.18 Å². The number of Topliss-reactive ketones (excluding diaryl/α,β-unsaturated/α-hetero) is 1. The van der Waals surface area contributed by atoms with Gasteiger partial charge in [-0.05, 0) is 75.2 Å². The molecule has 0 bridgehead atoms. The summed E-state index contributed by atoms with van der Waals surface area (Å²) >= 11 is 6.01. The Bertz CT molecular complexity index is 809. The fourth-order valence-electron chi connectivity index (χ4n) is 1.68. The predicted molar refractivity (Wildman–Crippen MR) is 86.1 cm³/mol. The summed E-state index contributed by atoms with van der Waals surface area (Å²) in [6.07, 6.45) is 0. The molecule has 116 valence electrons. The number of ketones is 1. The number of benzene rings is 2. The number of hydrogen-bond donors (Lipinski definition) is 0. The maximum atomic E-state index is 13.2. The third-order valence-corrected chi connectivity index (χ3v) is 5.81.